The second kappa shape index (κ2) is 5.45. The fourth-order valence-corrected chi connectivity index (χ4v) is 1.28. The van der Waals surface area contributed by atoms with E-state index in [1.807, 2.05) is 19.1 Å². The molecule has 1 aromatic heterocycles. The molecule has 0 aliphatic rings. The standard InChI is InChI=1S/C9H12BrClN2/c1-7-8(10)3-4-9(13-7)12-6-2-5-11/h3-4H,2,5-6H2,1H3,(H,12,13). The van der Waals surface area contributed by atoms with E-state index in [-0.39, 0.29) is 0 Å². The number of nitrogens with one attached hydrogen (secondary N) is 1. The molecule has 0 bridgehead atoms. The second-order valence-electron chi connectivity index (χ2n) is 2.73. The summed E-state index contributed by atoms with van der Waals surface area (Å²) in [5, 5.41) is 3.20. The minimum Gasteiger partial charge on any atom is -0.370 e. The van der Waals surface area contributed by atoms with Gasteiger partial charge in [0, 0.05) is 16.9 Å². The summed E-state index contributed by atoms with van der Waals surface area (Å²) in [7, 11) is 0. The van der Waals surface area contributed by atoms with Crippen LogP contribution in [0, 0.1) is 6.92 Å². The van der Waals surface area contributed by atoms with Gasteiger partial charge in [0.1, 0.15) is 5.82 Å². The van der Waals surface area contributed by atoms with E-state index in [0.29, 0.717) is 5.88 Å². The summed E-state index contributed by atoms with van der Waals surface area (Å²) < 4.78 is 1.04. The Morgan fingerprint density at radius 1 is 1.54 bits per heavy atom. The number of aryl methyl sites for hydroxylation is 1. The molecule has 0 radical (unpaired) electrons. The summed E-state index contributed by atoms with van der Waals surface area (Å²) in [5.41, 5.74) is 0.996. The van der Waals surface area contributed by atoms with Crippen molar-refractivity contribution in [3.63, 3.8) is 0 Å². The minimum atomic E-state index is 0.683. The summed E-state index contributed by atoms with van der Waals surface area (Å²) in [6, 6.07) is 3.94. The highest BCUT2D eigenvalue weighted by atomic mass is 79.9. The number of nitrogens with zero attached hydrogens (tertiary/aromatic N) is 1. The van der Waals surface area contributed by atoms with E-state index in [0.717, 1.165) is 29.0 Å². The first-order chi connectivity index (χ1) is 6.24. The molecule has 0 unspecified atom stereocenters. The number of aromatic nitrogens is 1. The van der Waals surface area contributed by atoms with Gasteiger partial charge in [-0.1, -0.05) is 0 Å². The van der Waals surface area contributed by atoms with Crippen LogP contribution in [-0.2, 0) is 0 Å². The number of halogens is 2. The predicted octanol–water partition coefficient (Wildman–Crippen LogP) is 3.19. The van der Waals surface area contributed by atoms with E-state index in [9.17, 15) is 0 Å². The van der Waals surface area contributed by atoms with Gasteiger partial charge in [-0.25, -0.2) is 4.98 Å². The molecule has 13 heavy (non-hydrogen) atoms. The molecule has 0 aromatic carbocycles. The zero-order valence-electron chi connectivity index (χ0n) is 7.48. The molecule has 72 valence electrons. The van der Waals surface area contributed by atoms with E-state index in [1.165, 1.54) is 0 Å². The molecule has 0 saturated carbocycles. The van der Waals surface area contributed by atoms with Crippen molar-refractivity contribution in [3.05, 3.63) is 22.3 Å². The van der Waals surface area contributed by atoms with Crippen LogP contribution in [0.5, 0.6) is 0 Å². The third-order valence-corrected chi connectivity index (χ3v) is 2.74. The lowest BCUT2D eigenvalue weighted by molar-refractivity contribution is 0.971. The quantitative estimate of drug-likeness (QED) is 0.666. The Morgan fingerprint density at radius 3 is 2.92 bits per heavy atom. The third-order valence-electron chi connectivity index (χ3n) is 1.64. The van der Waals surface area contributed by atoms with Crippen LogP contribution in [0.1, 0.15) is 12.1 Å². The van der Waals surface area contributed by atoms with Gasteiger partial charge >= 0.3 is 0 Å². The SMILES string of the molecule is Cc1nc(NCCCCl)ccc1Br. The van der Waals surface area contributed by atoms with Crippen LogP contribution in [0.3, 0.4) is 0 Å². The van der Waals surface area contributed by atoms with Crippen molar-refractivity contribution in [1.82, 2.24) is 4.98 Å². The number of rotatable bonds is 4. The minimum absolute atomic E-state index is 0.683. The maximum atomic E-state index is 5.56. The second-order valence-corrected chi connectivity index (χ2v) is 3.97. The van der Waals surface area contributed by atoms with Gasteiger partial charge < -0.3 is 5.32 Å². The lowest BCUT2D eigenvalue weighted by Gasteiger charge is -2.05. The summed E-state index contributed by atoms with van der Waals surface area (Å²) in [4.78, 5) is 4.34. The van der Waals surface area contributed by atoms with Gasteiger partial charge in [-0.2, -0.15) is 0 Å². The Morgan fingerprint density at radius 2 is 2.31 bits per heavy atom. The van der Waals surface area contributed by atoms with Crippen molar-refractivity contribution in [2.24, 2.45) is 0 Å². The molecule has 2 nitrogen and oxygen atoms in total. The van der Waals surface area contributed by atoms with Crippen LogP contribution >= 0.6 is 27.5 Å². The first-order valence-electron chi connectivity index (χ1n) is 4.17. The molecule has 0 aliphatic carbocycles. The summed E-state index contributed by atoms with van der Waals surface area (Å²) >= 11 is 8.96. The molecule has 1 rings (SSSR count). The molecule has 0 atom stereocenters. The van der Waals surface area contributed by atoms with Crippen molar-refractivity contribution < 1.29 is 0 Å². The Balaban J connectivity index is 2.53. The lowest BCUT2D eigenvalue weighted by Crippen LogP contribution is -2.04. The number of hydrogen-bond donors (Lipinski definition) is 1. The van der Waals surface area contributed by atoms with Gasteiger partial charge in [0.2, 0.25) is 0 Å². The highest BCUT2D eigenvalue weighted by Gasteiger charge is 1.97. The predicted molar refractivity (Wildman–Crippen MR) is 60.5 cm³/mol. The van der Waals surface area contributed by atoms with E-state index in [4.69, 9.17) is 11.6 Å². The largest absolute Gasteiger partial charge is 0.370 e. The average Bonchev–Trinajstić information content (AvgIpc) is 2.12. The molecule has 1 aromatic rings. The molecule has 1 heterocycles. The Kier molecular flexibility index (Phi) is 4.53. The summed E-state index contributed by atoms with van der Waals surface area (Å²) in [6.45, 7) is 2.84. The maximum absolute atomic E-state index is 5.56. The van der Waals surface area contributed by atoms with Crippen LogP contribution in [0.2, 0.25) is 0 Å². The van der Waals surface area contributed by atoms with E-state index in [1.54, 1.807) is 0 Å². The monoisotopic (exact) mass is 262 g/mol. The van der Waals surface area contributed by atoms with Gasteiger partial charge in [0.15, 0.2) is 0 Å². The van der Waals surface area contributed by atoms with E-state index >= 15 is 0 Å². The van der Waals surface area contributed by atoms with Crippen molar-refractivity contribution in [2.75, 3.05) is 17.7 Å². The smallest absolute Gasteiger partial charge is 0.126 e. The lowest BCUT2D eigenvalue weighted by atomic mass is 10.3. The average molecular weight is 264 g/mol. The molecule has 0 saturated heterocycles. The summed E-state index contributed by atoms with van der Waals surface area (Å²) in [5.74, 6) is 1.59. The van der Waals surface area contributed by atoms with E-state index in [2.05, 4.69) is 26.2 Å². The van der Waals surface area contributed by atoms with Crippen LogP contribution in [0.15, 0.2) is 16.6 Å². The first kappa shape index (κ1) is 10.8. The van der Waals surface area contributed by atoms with Gasteiger partial charge in [-0.15, -0.1) is 11.6 Å². The van der Waals surface area contributed by atoms with Gasteiger partial charge in [-0.3, -0.25) is 0 Å². The van der Waals surface area contributed by atoms with Crippen LogP contribution in [0.25, 0.3) is 0 Å². The van der Waals surface area contributed by atoms with Crippen molar-refractivity contribution in [1.29, 1.82) is 0 Å². The van der Waals surface area contributed by atoms with Crippen LogP contribution in [0.4, 0.5) is 5.82 Å². The number of pyridine rings is 1. The van der Waals surface area contributed by atoms with Crippen molar-refractivity contribution in [3.8, 4) is 0 Å². The van der Waals surface area contributed by atoms with Crippen molar-refractivity contribution in [2.45, 2.75) is 13.3 Å². The fourth-order valence-electron chi connectivity index (χ4n) is 0.926. The van der Waals surface area contributed by atoms with Crippen molar-refractivity contribution >= 4 is 33.3 Å². The Bertz CT molecular complexity index is 278. The Labute approximate surface area is 91.8 Å². The van der Waals surface area contributed by atoms with Gasteiger partial charge in [-0.05, 0) is 41.4 Å². The Hall–Kier alpha value is -0.280. The van der Waals surface area contributed by atoms with Crippen LogP contribution < -0.4 is 5.32 Å². The zero-order chi connectivity index (χ0) is 9.68. The molecule has 0 fully saturated rings. The van der Waals surface area contributed by atoms with Gasteiger partial charge in [0.05, 0.1) is 5.69 Å². The highest BCUT2D eigenvalue weighted by Crippen LogP contribution is 2.15. The number of anilines is 1. The number of alkyl halides is 1. The fraction of sp³-hybridized carbons (Fsp3) is 0.444. The molecular formula is C9H12BrClN2. The topological polar surface area (TPSA) is 24.9 Å². The number of hydrogen-bond acceptors (Lipinski definition) is 2. The highest BCUT2D eigenvalue weighted by molar-refractivity contribution is 9.10. The molecular weight excluding hydrogens is 251 g/mol. The first-order valence-corrected chi connectivity index (χ1v) is 5.50. The molecule has 1 N–H and O–H groups in total. The zero-order valence-corrected chi connectivity index (χ0v) is 9.82. The molecule has 4 heteroatoms. The normalized spacial score (nSPS) is 10.1. The van der Waals surface area contributed by atoms with E-state index < -0.39 is 0 Å². The maximum Gasteiger partial charge on any atom is 0.126 e. The van der Waals surface area contributed by atoms with Gasteiger partial charge in [0.25, 0.3) is 0 Å². The molecule has 0 spiro atoms. The van der Waals surface area contributed by atoms with Crippen LogP contribution in [-0.4, -0.2) is 17.4 Å². The molecule has 0 amide bonds. The molecule has 0 aliphatic heterocycles. The third kappa shape index (κ3) is 3.53. The summed E-state index contributed by atoms with van der Waals surface area (Å²) in [6.07, 6.45) is 0.957.